The van der Waals surface area contributed by atoms with Crippen LogP contribution in [0.15, 0.2) is 24.3 Å². The van der Waals surface area contributed by atoms with Crippen molar-refractivity contribution in [2.45, 2.75) is 33.6 Å². The molecule has 0 amide bonds. The van der Waals surface area contributed by atoms with Gasteiger partial charge in [-0.1, -0.05) is 32.9 Å². The topological polar surface area (TPSA) is 44.5 Å². The van der Waals surface area contributed by atoms with Gasteiger partial charge in [-0.25, -0.2) is 0 Å². The summed E-state index contributed by atoms with van der Waals surface area (Å²) >= 11 is 0. The third kappa shape index (κ3) is 4.96. The molecule has 0 aliphatic heterocycles. The highest BCUT2D eigenvalue weighted by molar-refractivity contribution is 5.39. The molecule has 1 rings (SSSR count). The van der Waals surface area contributed by atoms with Crippen molar-refractivity contribution in [3.05, 3.63) is 24.3 Å². The fourth-order valence-electron chi connectivity index (χ4n) is 1.44. The highest BCUT2D eigenvalue weighted by atomic mass is 16.5. The maximum atomic E-state index is 5.79. The van der Waals surface area contributed by atoms with Crippen LogP contribution in [-0.2, 0) is 0 Å². The lowest BCUT2D eigenvalue weighted by Crippen LogP contribution is -2.25. The van der Waals surface area contributed by atoms with Crippen molar-refractivity contribution in [3.63, 3.8) is 0 Å². The Hall–Kier alpha value is -1.22. The van der Waals surface area contributed by atoms with Crippen molar-refractivity contribution in [1.29, 1.82) is 0 Å². The lowest BCUT2D eigenvalue weighted by Gasteiger charge is -2.22. The fraction of sp³-hybridized carbons (Fsp3) is 0.600. The van der Waals surface area contributed by atoms with Crippen molar-refractivity contribution < 1.29 is 9.47 Å². The normalized spacial score (nSPS) is 11.3. The molecule has 18 heavy (non-hydrogen) atoms. The number of para-hydroxylation sites is 2. The monoisotopic (exact) mass is 251 g/mol. The summed E-state index contributed by atoms with van der Waals surface area (Å²) in [4.78, 5) is 0. The van der Waals surface area contributed by atoms with Gasteiger partial charge in [0.15, 0.2) is 11.5 Å². The lowest BCUT2D eigenvalue weighted by atomic mass is 9.90. The van der Waals surface area contributed by atoms with Crippen LogP contribution in [0.4, 0.5) is 0 Å². The number of hydrogen-bond donors (Lipinski definition) is 1. The average Bonchev–Trinajstić information content (AvgIpc) is 2.37. The molecule has 0 saturated carbocycles. The standard InChI is InChI=1S/C15H25NO2/c1-4-10-17-13-7-5-6-8-14(13)18-11-9-15(2,3)12-16/h5-8H,4,9-12,16H2,1-3H3. The van der Waals surface area contributed by atoms with Crippen LogP contribution in [0.1, 0.15) is 33.6 Å². The average molecular weight is 251 g/mol. The highest BCUT2D eigenvalue weighted by Crippen LogP contribution is 2.27. The number of nitrogens with two attached hydrogens (primary N) is 1. The van der Waals surface area contributed by atoms with E-state index in [2.05, 4.69) is 20.8 Å². The Balaban J connectivity index is 2.51. The first-order chi connectivity index (χ1) is 8.59. The van der Waals surface area contributed by atoms with Gasteiger partial charge in [-0.2, -0.15) is 0 Å². The maximum Gasteiger partial charge on any atom is 0.161 e. The van der Waals surface area contributed by atoms with Crippen molar-refractivity contribution in [3.8, 4) is 11.5 Å². The number of hydrogen-bond acceptors (Lipinski definition) is 3. The predicted octanol–water partition coefficient (Wildman–Crippen LogP) is 3.23. The second-order valence-electron chi connectivity index (χ2n) is 5.26. The van der Waals surface area contributed by atoms with Gasteiger partial charge >= 0.3 is 0 Å². The van der Waals surface area contributed by atoms with Gasteiger partial charge in [0.2, 0.25) is 0 Å². The molecule has 0 aliphatic carbocycles. The summed E-state index contributed by atoms with van der Waals surface area (Å²) in [5.74, 6) is 1.64. The lowest BCUT2D eigenvalue weighted by molar-refractivity contribution is 0.220. The van der Waals surface area contributed by atoms with Crippen LogP contribution in [0, 0.1) is 5.41 Å². The van der Waals surface area contributed by atoms with Crippen molar-refractivity contribution in [2.75, 3.05) is 19.8 Å². The van der Waals surface area contributed by atoms with Crippen LogP contribution in [-0.4, -0.2) is 19.8 Å². The molecule has 3 heteroatoms. The van der Waals surface area contributed by atoms with E-state index >= 15 is 0 Å². The number of benzene rings is 1. The van der Waals surface area contributed by atoms with Gasteiger partial charge in [0.25, 0.3) is 0 Å². The molecule has 0 fully saturated rings. The third-order valence-electron chi connectivity index (χ3n) is 2.90. The van der Waals surface area contributed by atoms with Crippen LogP contribution < -0.4 is 15.2 Å². The van der Waals surface area contributed by atoms with Crippen LogP contribution >= 0.6 is 0 Å². The van der Waals surface area contributed by atoms with E-state index in [4.69, 9.17) is 15.2 Å². The van der Waals surface area contributed by atoms with E-state index in [1.807, 2.05) is 24.3 Å². The van der Waals surface area contributed by atoms with E-state index in [1.54, 1.807) is 0 Å². The summed E-state index contributed by atoms with van der Waals surface area (Å²) < 4.78 is 11.4. The van der Waals surface area contributed by atoms with Gasteiger partial charge in [-0.05, 0) is 36.9 Å². The van der Waals surface area contributed by atoms with Gasteiger partial charge < -0.3 is 15.2 Å². The third-order valence-corrected chi connectivity index (χ3v) is 2.90. The Labute approximate surface area is 110 Å². The second-order valence-corrected chi connectivity index (χ2v) is 5.26. The van der Waals surface area contributed by atoms with E-state index in [0.29, 0.717) is 19.8 Å². The second kappa shape index (κ2) is 7.27. The van der Waals surface area contributed by atoms with Crippen molar-refractivity contribution in [2.24, 2.45) is 11.1 Å². The van der Waals surface area contributed by atoms with E-state index < -0.39 is 0 Å². The molecule has 0 aliphatic rings. The Morgan fingerprint density at radius 3 is 2.11 bits per heavy atom. The highest BCUT2D eigenvalue weighted by Gasteiger charge is 2.15. The molecule has 0 atom stereocenters. The molecule has 2 N–H and O–H groups in total. The molecule has 0 unspecified atom stereocenters. The quantitative estimate of drug-likeness (QED) is 0.771. The van der Waals surface area contributed by atoms with Crippen LogP contribution in [0.2, 0.25) is 0 Å². The summed E-state index contributed by atoms with van der Waals surface area (Å²) in [6, 6.07) is 7.81. The van der Waals surface area contributed by atoms with Crippen LogP contribution in [0.25, 0.3) is 0 Å². The van der Waals surface area contributed by atoms with Gasteiger partial charge in [-0.15, -0.1) is 0 Å². The van der Waals surface area contributed by atoms with E-state index in [0.717, 1.165) is 24.3 Å². The molecular formula is C15H25NO2. The van der Waals surface area contributed by atoms with E-state index in [9.17, 15) is 0 Å². The van der Waals surface area contributed by atoms with Crippen LogP contribution in [0.3, 0.4) is 0 Å². The molecule has 3 nitrogen and oxygen atoms in total. The SMILES string of the molecule is CCCOc1ccccc1OCCC(C)(C)CN. The minimum absolute atomic E-state index is 0.124. The fourth-order valence-corrected chi connectivity index (χ4v) is 1.44. The first-order valence-electron chi connectivity index (χ1n) is 6.64. The largest absolute Gasteiger partial charge is 0.490 e. The molecule has 0 aromatic heterocycles. The molecule has 1 aromatic rings. The first kappa shape index (κ1) is 14.8. The van der Waals surface area contributed by atoms with E-state index in [1.165, 1.54) is 0 Å². The Morgan fingerprint density at radius 1 is 1.06 bits per heavy atom. The summed E-state index contributed by atoms with van der Waals surface area (Å²) in [6.45, 7) is 8.44. The molecule has 0 spiro atoms. The Bertz CT molecular complexity index is 350. The number of ether oxygens (including phenoxy) is 2. The summed E-state index contributed by atoms with van der Waals surface area (Å²) in [6.07, 6.45) is 1.93. The Kier molecular flexibility index (Phi) is 5.99. The van der Waals surface area contributed by atoms with Gasteiger partial charge in [0, 0.05) is 0 Å². The molecule has 102 valence electrons. The van der Waals surface area contributed by atoms with Gasteiger partial charge in [0.1, 0.15) is 0 Å². The summed E-state index contributed by atoms with van der Waals surface area (Å²) in [7, 11) is 0. The molecule has 0 radical (unpaired) electrons. The van der Waals surface area contributed by atoms with Gasteiger partial charge in [-0.3, -0.25) is 0 Å². The molecule has 0 bridgehead atoms. The zero-order valence-corrected chi connectivity index (χ0v) is 11.7. The zero-order chi connectivity index (χ0) is 13.4. The molecule has 0 saturated heterocycles. The number of rotatable bonds is 8. The van der Waals surface area contributed by atoms with Crippen molar-refractivity contribution >= 4 is 0 Å². The van der Waals surface area contributed by atoms with Gasteiger partial charge in [0.05, 0.1) is 13.2 Å². The minimum Gasteiger partial charge on any atom is -0.490 e. The smallest absolute Gasteiger partial charge is 0.161 e. The maximum absolute atomic E-state index is 5.79. The summed E-state index contributed by atoms with van der Waals surface area (Å²) in [5.41, 5.74) is 5.83. The molecular weight excluding hydrogens is 226 g/mol. The molecule has 1 aromatic carbocycles. The molecule has 0 heterocycles. The summed E-state index contributed by atoms with van der Waals surface area (Å²) in [5, 5.41) is 0. The first-order valence-corrected chi connectivity index (χ1v) is 6.64. The van der Waals surface area contributed by atoms with Crippen LogP contribution in [0.5, 0.6) is 11.5 Å². The van der Waals surface area contributed by atoms with E-state index in [-0.39, 0.29) is 5.41 Å². The minimum atomic E-state index is 0.124. The Morgan fingerprint density at radius 2 is 1.61 bits per heavy atom. The van der Waals surface area contributed by atoms with Crippen molar-refractivity contribution in [1.82, 2.24) is 0 Å². The zero-order valence-electron chi connectivity index (χ0n) is 11.7. The predicted molar refractivity (Wildman–Crippen MR) is 75.2 cm³/mol.